The highest BCUT2D eigenvalue weighted by Gasteiger charge is 2.32. The summed E-state index contributed by atoms with van der Waals surface area (Å²) in [6.45, 7) is 1.27. The summed E-state index contributed by atoms with van der Waals surface area (Å²) in [5.74, 6) is -0.685. The quantitative estimate of drug-likeness (QED) is 0.215. The molecule has 0 radical (unpaired) electrons. The lowest BCUT2D eigenvalue weighted by molar-refractivity contribution is 0.0777. The number of halogens is 4. The van der Waals surface area contributed by atoms with Crippen LogP contribution in [0.4, 0.5) is 17.6 Å². The van der Waals surface area contributed by atoms with Crippen molar-refractivity contribution in [2.45, 2.75) is 95.2 Å². The first-order valence-electron chi connectivity index (χ1n) is 11.9. The molecule has 0 spiro atoms. The van der Waals surface area contributed by atoms with E-state index in [2.05, 4.69) is 11.7 Å². The Morgan fingerprint density at radius 2 is 1.53 bits per heavy atom. The molecule has 1 saturated heterocycles. The molecular weight excluding hydrogens is 408 g/mol. The van der Waals surface area contributed by atoms with E-state index in [4.69, 9.17) is 0 Å². The van der Waals surface area contributed by atoms with Crippen LogP contribution in [0.1, 0.15) is 76.2 Å². The minimum atomic E-state index is -2.76. The topological polar surface area (TPSA) is 9.23 Å². The van der Waals surface area contributed by atoms with Crippen LogP contribution >= 0.6 is 0 Å². The predicted molar refractivity (Wildman–Crippen MR) is 116 cm³/mol. The molecule has 3 rings (SSSR count). The van der Waals surface area contributed by atoms with Gasteiger partial charge in [0.25, 0.3) is 6.43 Å². The van der Waals surface area contributed by atoms with E-state index in [9.17, 15) is 17.6 Å². The predicted octanol–water partition coefficient (Wildman–Crippen LogP) is 7.71. The van der Waals surface area contributed by atoms with Crippen LogP contribution in [-0.4, -0.2) is 21.8 Å². The average molecular weight is 445 g/mol. The summed E-state index contributed by atoms with van der Waals surface area (Å²) in [6.07, 6.45) is 8.34. The van der Waals surface area contributed by atoms with Crippen molar-refractivity contribution in [3.05, 3.63) is 29.3 Å². The maximum absolute atomic E-state index is 14.2. The van der Waals surface area contributed by atoms with E-state index in [-0.39, 0.29) is 5.92 Å². The van der Waals surface area contributed by atoms with Crippen LogP contribution in [0.2, 0.25) is 18.1 Å². The Labute approximate surface area is 180 Å². The molecule has 0 amide bonds. The fraction of sp³-hybridized carbons (Fsp3) is 0.750. The van der Waals surface area contributed by atoms with Crippen molar-refractivity contribution in [1.82, 2.24) is 0 Å². The van der Waals surface area contributed by atoms with Gasteiger partial charge >= 0.3 is 0 Å². The zero-order chi connectivity index (χ0) is 21.5. The van der Waals surface area contributed by atoms with Gasteiger partial charge in [0, 0.05) is 8.80 Å². The molecule has 170 valence electrons. The van der Waals surface area contributed by atoms with Crippen molar-refractivity contribution in [2.75, 3.05) is 6.61 Å². The monoisotopic (exact) mass is 444 g/mol. The molecule has 1 saturated carbocycles. The number of alkyl halides is 2. The Kier molecular flexibility index (Phi) is 9.08. The summed E-state index contributed by atoms with van der Waals surface area (Å²) in [5, 5.41) is 0. The van der Waals surface area contributed by atoms with Crippen molar-refractivity contribution in [3.8, 4) is 5.75 Å². The van der Waals surface area contributed by atoms with Crippen molar-refractivity contribution in [1.29, 1.82) is 0 Å². The molecule has 1 nitrogen and oxygen atoms in total. The number of ether oxygens (including phenoxy) is 1. The van der Waals surface area contributed by atoms with Gasteiger partial charge in [0.05, 0.1) is 0 Å². The minimum Gasteiger partial charge on any atom is -0.482 e. The summed E-state index contributed by atoms with van der Waals surface area (Å²) in [6, 6.07) is 7.10. The molecule has 0 unspecified atom stereocenters. The number of hydrogen-bond donors (Lipinski definition) is 0. The molecule has 2 fully saturated rings. The molecule has 2 aliphatic rings. The Balaban J connectivity index is 1.48. The minimum absolute atomic E-state index is 0.147. The maximum atomic E-state index is 14.2. The summed E-state index contributed by atoms with van der Waals surface area (Å²) in [4.78, 5) is 0. The molecule has 0 bridgehead atoms. The van der Waals surface area contributed by atoms with Crippen LogP contribution < -0.4 is 4.74 Å². The fourth-order valence-corrected chi connectivity index (χ4v) is 9.19. The number of hydrogen-bond acceptors (Lipinski definition) is 1. The van der Waals surface area contributed by atoms with Gasteiger partial charge in [0.2, 0.25) is 0 Å². The molecular formula is C24H36F4OSi. The highest BCUT2D eigenvalue weighted by atomic mass is 28.3. The molecule has 1 heterocycles. The van der Waals surface area contributed by atoms with Crippen molar-refractivity contribution in [3.63, 3.8) is 0 Å². The summed E-state index contributed by atoms with van der Waals surface area (Å²) in [5.41, 5.74) is 0.639. The molecule has 1 aromatic carbocycles. The third kappa shape index (κ3) is 6.48. The van der Waals surface area contributed by atoms with Gasteiger partial charge in [-0.3, -0.25) is 0 Å². The second-order valence-corrected chi connectivity index (χ2v) is 12.9. The highest BCUT2D eigenvalue weighted by Crippen LogP contribution is 2.44. The van der Waals surface area contributed by atoms with Crippen molar-refractivity contribution >= 4 is 8.80 Å². The second-order valence-electron chi connectivity index (χ2n) is 9.40. The Morgan fingerprint density at radius 3 is 2.10 bits per heavy atom. The lowest BCUT2D eigenvalue weighted by Gasteiger charge is -2.37. The zero-order valence-corrected chi connectivity index (χ0v) is 19.3. The van der Waals surface area contributed by atoms with Gasteiger partial charge in [0.15, 0.2) is 17.4 Å². The normalized spacial score (nSPS) is 27.4. The maximum Gasteiger partial charge on any atom is 0.272 e. The van der Waals surface area contributed by atoms with E-state index in [1.54, 1.807) is 0 Å². The van der Waals surface area contributed by atoms with Gasteiger partial charge in [-0.15, -0.1) is 0 Å². The van der Waals surface area contributed by atoms with E-state index in [1.165, 1.54) is 62.4 Å². The molecule has 30 heavy (non-hydrogen) atoms. The van der Waals surface area contributed by atoms with E-state index in [0.29, 0.717) is 5.56 Å². The Hall–Kier alpha value is -1.04. The van der Waals surface area contributed by atoms with Crippen molar-refractivity contribution < 1.29 is 22.3 Å². The molecule has 6 heteroatoms. The third-order valence-corrected chi connectivity index (χ3v) is 10.9. The van der Waals surface area contributed by atoms with E-state index in [1.807, 2.05) is 0 Å². The average Bonchev–Trinajstić information content (AvgIpc) is 2.74. The first-order valence-corrected chi connectivity index (χ1v) is 14.3. The zero-order valence-electron chi connectivity index (χ0n) is 18.2. The summed E-state index contributed by atoms with van der Waals surface area (Å²) >= 11 is 0. The summed E-state index contributed by atoms with van der Waals surface area (Å²) < 4.78 is 57.6. The smallest absolute Gasteiger partial charge is 0.272 e. The molecule has 1 aliphatic heterocycles. The molecule has 0 aromatic heterocycles. The fourth-order valence-electron chi connectivity index (χ4n) is 5.65. The Bertz CT molecular complexity index is 630. The van der Waals surface area contributed by atoms with Gasteiger partial charge in [0.1, 0.15) is 6.61 Å². The molecule has 0 atom stereocenters. The van der Waals surface area contributed by atoms with Crippen LogP contribution in [-0.2, 0) is 0 Å². The standard InChI is InChI=1S/C24H36F4OSi/c1-2-3-4-11-30-12-9-19(10-13-30)17-5-7-18(8-6-17)20-14-21(25)24(22(26)15-20)29-16-23(27)28/h14-15,17-19,23,30H,2-13,16H2,1H3/t17?,18?,19-,30-. The SMILES string of the molecule is CCCCC[Si@H]1CC[C@H](C2CCC(c3cc(F)c(OCC(F)F)c(F)c3)CC2)CC1. The molecule has 1 aromatic rings. The van der Waals surface area contributed by atoms with E-state index < -0.39 is 39.2 Å². The first kappa shape index (κ1) is 23.6. The number of benzene rings is 1. The van der Waals surface area contributed by atoms with Gasteiger partial charge in [-0.05, 0) is 61.1 Å². The second kappa shape index (κ2) is 11.5. The van der Waals surface area contributed by atoms with Crippen LogP contribution in [0.15, 0.2) is 12.1 Å². The van der Waals surface area contributed by atoms with E-state index >= 15 is 0 Å². The van der Waals surface area contributed by atoms with Gasteiger partial charge in [-0.2, -0.15) is 0 Å². The van der Waals surface area contributed by atoms with E-state index in [0.717, 1.165) is 37.5 Å². The van der Waals surface area contributed by atoms with Gasteiger partial charge in [-0.1, -0.05) is 57.2 Å². The van der Waals surface area contributed by atoms with Gasteiger partial charge < -0.3 is 4.74 Å². The van der Waals surface area contributed by atoms with Crippen LogP contribution in [0.3, 0.4) is 0 Å². The Morgan fingerprint density at radius 1 is 0.933 bits per heavy atom. The van der Waals surface area contributed by atoms with Crippen molar-refractivity contribution in [2.24, 2.45) is 11.8 Å². The van der Waals surface area contributed by atoms with Crippen LogP contribution in [0.25, 0.3) is 0 Å². The third-order valence-electron chi connectivity index (χ3n) is 7.39. The number of rotatable bonds is 9. The largest absolute Gasteiger partial charge is 0.482 e. The molecule has 0 N–H and O–H groups in total. The molecule has 1 aliphatic carbocycles. The van der Waals surface area contributed by atoms with Crippen LogP contribution in [0, 0.1) is 23.5 Å². The summed E-state index contributed by atoms with van der Waals surface area (Å²) in [7, 11) is -0.483. The van der Waals surface area contributed by atoms with Gasteiger partial charge in [-0.25, -0.2) is 17.6 Å². The highest BCUT2D eigenvalue weighted by molar-refractivity contribution is 6.58. The lowest BCUT2D eigenvalue weighted by atomic mass is 9.72. The van der Waals surface area contributed by atoms with Crippen LogP contribution in [0.5, 0.6) is 5.75 Å². The first-order chi connectivity index (χ1) is 14.5. The number of unbranched alkanes of at least 4 members (excludes halogenated alkanes) is 2. The lowest BCUT2D eigenvalue weighted by Crippen LogP contribution is -2.28.